The van der Waals surface area contributed by atoms with Gasteiger partial charge in [0, 0.05) is 17.8 Å². The molecule has 15 nitrogen and oxygen atoms in total. The molecule has 2 aromatic rings. The van der Waals surface area contributed by atoms with E-state index in [0.29, 0.717) is 30.8 Å². The maximum atomic E-state index is 12.7. The van der Waals surface area contributed by atoms with Crippen LogP contribution in [0.2, 0.25) is 0 Å². The molecule has 1 unspecified atom stereocenters. The van der Waals surface area contributed by atoms with Gasteiger partial charge in [-0.2, -0.15) is 4.98 Å². The number of nitrogens with zero attached hydrogens (tertiary/aromatic N) is 1. The lowest BCUT2D eigenvalue weighted by molar-refractivity contribution is -0.143. The molecule has 0 saturated heterocycles. The summed E-state index contributed by atoms with van der Waals surface area (Å²) in [5, 5.41) is 26.1. The Bertz CT molecular complexity index is 1320. The molecule has 3 amide bonds. The Hall–Kier alpha value is -4.47. The van der Waals surface area contributed by atoms with Crippen LogP contribution in [0.25, 0.3) is 0 Å². The van der Waals surface area contributed by atoms with Crippen molar-refractivity contribution in [3.05, 3.63) is 37.8 Å². The number of aryl methyl sites for hydroxylation is 1. The third-order valence-corrected chi connectivity index (χ3v) is 7.22. The number of aliphatic carboxylic acids is 2. The smallest absolute Gasteiger partial charge is 0.326 e. The van der Waals surface area contributed by atoms with Gasteiger partial charge in [-0.1, -0.05) is 0 Å². The van der Waals surface area contributed by atoms with Crippen LogP contribution in [0.15, 0.2) is 16.9 Å². The molecule has 2 aromatic heterocycles. The highest BCUT2D eigenvalue weighted by molar-refractivity contribution is 7.14. The van der Waals surface area contributed by atoms with Crippen molar-refractivity contribution in [1.29, 1.82) is 0 Å². The molecule has 0 spiro atoms. The van der Waals surface area contributed by atoms with Gasteiger partial charge in [0.25, 0.3) is 11.5 Å². The van der Waals surface area contributed by atoms with Gasteiger partial charge in [0.1, 0.15) is 17.9 Å². The van der Waals surface area contributed by atoms with Crippen molar-refractivity contribution in [1.82, 2.24) is 20.6 Å². The van der Waals surface area contributed by atoms with Crippen LogP contribution in [0, 0.1) is 5.92 Å². The second kappa shape index (κ2) is 12.9. The SMILES string of the molecule is NC(=O)C[C@@H](NC(=O)CC[C@H](NC(=O)c1ccc(CCC2CNc3nc(N)[nH]c(=O)c3C2)s1)C(=O)O)C(=O)O. The van der Waals surface area contributed by atoms with Crippen LogP contribution in [0.3, 0.4) is 0 Å². The van der Waals surface area contributed by atoms with Crippen molar-refractivity contribution in [3.63, 3.8) is 0 Å². The first kappa shape index (κ1) is 29.1. The number of hydrogen-bond acceptors (Lipinski definition) is 10. The van der Waals surface area contributed by atoms with E-state index in [1.807, 2.05) is 0 Å². The molecule has 10 N–H and O–H groups in total. The molecule has 0 saturated carbocycles. The second-order valence-electron chi connectivity index (χ2n) is 9.07. The summed E-state index contributed by atoms with van der Waals surface area (Å²) in [7, 11) is 0. The highest BCUT2D eigenvalue weighted by Gasteiger charge is 2.26. The summed E-state index contributed by atoms with van der Waals surface area (Å²) in [6.45, 7) is 0.616. The van der Waals surface area contributed by atoms with E-state index in [0.717, 1.165) is 11.3 Å². The van der Waals surface area contributed by atoms with E-state index in [4.69, 9.17) is 16.6 Å². The summed E-state index contributed by atoms with van der Waals surface area (Å²) >= 11 is 1.21. The number of carboxylic acids is 2. The van der Waals surface area contributed by atoms with Gasteiger partial charge in [0.05, 0.1) is 16.9 Å². The summed E-state index contributed by atoms with van der Waals surface area (Å²) in [4.78, 5) is 78.4. The topological polar surface area (TPSA) is 260 Å². The number of fused-ring (bicyclic) bond motifs is 1. The molecule has 1 aliphatic heterocycles. The summed E-state index contributed by atoms with van der Waals surface area (Å²) in [5.74, 6) is -4.48. The van der Waals surface area contributed by atoms with Gasteiger partial charge in [-0.25, -0.2) is 9.59 Å². The lowest BCUT2D eigenvalue weighted by Gasteiger charge is -2.24. The predicted molar refractivity (Wildman–Crippen MR) is 139 cm³/mol. The Morgan fingerprint density at radius 2 is 1.85 bits per heavy atom. The molecule has 3 atom stereocenters. The molecule has 1 aliphatic rings. The molecule has 0 aromatic carbocycles. The van der Waals surface area contributed by atoms with Crippen LogP contribution in [0.4, 0.5) is 11.8 Å². The lowest BCUT2D eigenvalue weighted by Crippen LogP contribution is -2.45. The van der Waals surface area contributed by atoms with Crippen molar-refractivity contribution in [2.45, 2.75) is 50.6 Å². The fourth-order valence-electron chi connectivity index (χ4n) is 4.07. The number of carboxylic acid groups (broad SMARTS) is 2. The van der Waals surface area contributed by atoms with E-state index in [1.54, 1.807) is 12.1 Å². The molecule has 16 heteroatoms. The van der Waals surface area contributed by atoms with Gasteiger partial charge in [-0.05, 0) is 43.7 Å². The van der Waals surface area contributed by atoms with Crippen molar-refractivity contribution in [2.24, 2.45) is 11.7 Å². The van der Waals surface area contributed by atoms with Crippen LogP contribution in [0.5, 0.6) is 0 Å². The van der Waals surface area contributed by atoms with Crippen molar-refractivity contribution in [3.8, 4) is 0 Å². The Kier molecular flexibility index (Phi) is 9.59. The zero-order valence-corrected chi connectivity index (χ0v) is 21.5. The minimum Gasteiger partial charge on any atom is -0.480 e. The average Bonchev–Trinajstić information content (AvgIpc) is 3.33. The molecule has 0 aliphatic carbocycles. The van der Waals surface area contributed by atoms with E-state index < -0.39 is 54.6 Å². The molecule has 0 radical (unpaired) electrons. The van der Waals surface area contributed by atoms with E-state index in [9.17, 15) is 33.9 Å². The van der Waals surface area contributed by atoms with Crippen LogP contribution in [0.1, 0.15) is 45.8 Å². The first-order valence-corrected chi connectivity index (χ1v) is 12.8. The minimum absolute atomic E-state index is 0.0505. The third kappa shape index (κ3) is 8.26. The minimum atomic E-state index is -1.53. The average molecular weight is 564 g/mol. The maximum absolute atomic E-state index is 12.7. The fraction of sp³-hybridized carbons (Fsp3) is 0.435. The fourth-order valence-corrected chi connectivity index (χ4v) is 4.99. The molecule has 3 rings (SSSR count). The number of carbonyl (C=O) groups is 5. The zero-order chi connectivity index (χ0) is 28.7. The van der Waals surface area contributed by atoms with E-state index in [-0.39, 0.29) is 28.7 Å². The highest BCUT2D eigenvalue weighted by atomic mass is 32.1. The van der Waals surface area contributed by atoms with Crippen molar-refractivity contribution >= 4 is 52.8 Å². The van der Waals surface area contributed by atoms with Gasteiger partial charge in [-0.3, -0.25) is 24.2 Å². The summed E-state index contributed by atoms with van der Waals surface area (Å²) < 4.78 is 0. The molecule has 0 bridgehead atoms. The molecular formula is C23H29N7O8S. The number of primary amides is 1. The van der Waals surface area contributed by atoms with Gasteiger partial charge in [0.15, 0.2) is 0 Å². The number of carbonyl (C=O) groups excluding carboxylic acids is 3. The number of nitrogen functional groups attached to an aromatic ring is 1. The second-order valence-corrected chi connectivity index (χ2v) is 10.2. The summed E-state index contributed by atoms with van der Waals surface area (Å²) in [5.41, 5.74) is 10.8. The Balaban J connectivity index is 1.50. The summed E-state index contributed by atoms with van der Waals surface area (Å²) in [6.07, 6.45) is 0.586. The van der Waals surface area contributed by atoms with Gasteiger partial charge >= 0.3 is 11.9 Å². The molecule has 0 fully saturated rings. The van der Waals surface area contributed by atoms with Gasteiger partial charge < -0.3 is 37.6 Å². The normalized spacial score (nSPS) is 15.7. The number of amides is 3. The van der Waals surface area contributed by atoms with Crippen LogP contribution < -0.4 is 33.0 Å². The lowest BCUT2D eigenvalue weighted by atomic mass is 9.92. The number of H-pyrrole nitrogens is 1. The Morgan fingerprint density at radius 1 is 1.13 bits per heavy atom. The first-order chi connectivity index (χ1) is 18.4. The molecular weight excluding hydrogens is 534 g/mol. The van der Waals surface area contributed by atoms with Crippen molar-refractivity contribution < 1.29 is 34.2 Å². The van der Waals surface area contributed by atoms with Crippen LogP contribution in [-0.4, -0.2) is 68.5 Å². The standard InChI is InChI=1S/C23H29N7O8S/c24-16(31)8-14(22(37)38)27-17(32)6-4-13(21(35)36)28-20(34)15-5-3-11(39-15)2-1-10-7-12-18(26-9-10)29-23(25)30-19(12)33/h3,5,10,13-14H,1-2,4,6-9H2,(H2,24,31)(H,27,32)(H,28,34)(H,35,36)(H,37,38)(H4,25,26,29,30,33)/t10?,13-,14+/m0/s1. The van der Waals surface area contributed by atoms with Gasteiger partial charge in [-0.15, -0.1) is 11.3 Å². The third-order valence-electron chi connectivity index (χ3n) is 6.07. The first-order valence-electron chi connectivity index (χ1n) is 12.0. The maximum Gasteiger partial charge on any atom is 0.326 e. The number of nitrogens with one attached hydrogen (secondary N) is 4. The largest absolute Gasteiger partial charge is 0.480 e. The highest BCUT2D eigenvalue weighted by Crippen LogP contribution is 2.25. The van der Waals surface area contributed by atoms with Gasteiger partial charge in [0.2, 0.25) is 17.8 Å². The molecule has 3 heterocycles. The molecule has 210 valence electrons. The van der Waals surface area contributed by atoms with Crippen molar-refractivity contribution in [2.75, 3.05) is 17.6 Å². The van der Waals surface area contributed by atoms with E-state index >= 15 is 0 Å². The quantitative estimate of drug-likeness (QED) is 0.147. The monoisotopic (exact) mass is 563 g/mol. The van der Waals surface area contributed by atoms with E-state index in [1.165, 1.54) is 11.3 Å². The molecule has 39 heavy (non-hydrogen) atoms. The number of aromatic amines is 1. The number of aromatic nitrogens is 2. The number of rotatable bonds is 13. The van der Waals surface area contributed by atoms with Crippen LogP contribution >= 0.6 is 11.3 Å². The number of hydrogen-bond donors (Lipinski definition) is 8. The Labute approximate surface area is 225 Å². The van der Waals surface area contributed by atoms with Crippen LogP contribution in [-0.2, 0) is 32.0 Å². The number of thiophene rings is 1. The number of anilines is 2. The zero-order valence-electron chi connectivity index (χ0n) is 20.7. The number of nitrogens with two attached hydrogens (primary N) is 2. The summed E-state index contributed by atoms with van der Waals surface area (Å²) in [6, 6.07) is 0.413. The van der Waals surface area contributed by atoms with E-state index in [2.05, 4.69) is 25.9 Å². The predicted octanol–water partition coefficient (Wildman–Crippen LogP) is -0.961. The Morgan fingerprint density at radius 3 is 2.51 bits per heavy atom.